The van der Waals surface area contributed by atoms with Gasteiger partial charge in [-0.2, -0.15) is 0 Å². The normalized spacial score (nSPS) is 11.4. The van der Waals surface area contributed by atoms with Gasteiger partial charge in [0.1, 0.15) is 11.4 Å². The molecule has 0 aromatic carbocycles. The fourth-order valence-corrected chi connectivity index (χ4v) is 0.873. The van der Waals surface area contributed by atoms with E-state index < -0.39 is 11.6 Å². The second-order valence-corrected chi connectivity index (χ2v) is 3.91. The van der Waals surface area contributed by atoms with Gasteiger partial charge in [-0.05, 0) is 39.8 Å². The Hall–Kier alpha value is -1.25. The smallest absolute Gasteiger partial charge is 0.374 e. The number of hydrogen-bond acceptors (Lipinski definition) is 3. The largest absolute Gasteiger partial charge is 0.454 e. The van der Waals surface area contributed by atoms with Crippen LogP contribution in [-0.2, 0) is 4.74 Å². The molecule has 3 heteroatoms. The van der Waals surface area contributed by atoms with Gasteiger partial charge in [0.15, 0.2) is 0 Å². The van der Waals surface area contributed by atoms with Crippen LogP contribution in [0.25, 0.3) is 0 Å². The summed E-state index contributed by atoms with van der Waals surface area (Å²) in [7, 11) is 0. The van der Waals surface area contributed by atoms with Gasteiger partial charge in [0.05, 0.1) is 0 Å². The Morgan fingerprint density at radius 1 is 1.38 bits per heavy atom. The summed E-state index contributed by atoms with van der Waals surface area (Å²) in [6.07, 6.45) is 0. The SMILES string of the molecule is Cc1ccc(C(=O)OC(C)(C)C)o1. The molecule has 0 unspecified atom stereocenters. The number of hydrogen-bond donors (Lipinski definition) is 0. The fraction of sp³-hybridized carbons (Fsp3) is 0.500. The monoisotopic (exact) mass is 182 g/mol. The number of furan rings is 1. The maximum absolute atomic E-state index is 11.4. The van der Waals surface area contributed by atoms with Gasteiger partial charge < -0.3 is 9.15 Å². The molecule has 13 heavy (non-hydrogen) atoms. The van der Waals surface area contributed by atoms with E-state index in [0.717, 1.165) is 0 Å². The third-order valence-electron chi connectivity index (χ3n) is 1.34. The van der Waals surface area contributed by atoms with Gasteiger partial charge in [-0.3, -0.25) is 0 Å². The van der Waals surface area contributed by atoms with Crippen molar-refractivity contribution in [1.82, 2.24) is 0 Å². The van der Waals surface area contributed by atoms with Crippen molar-refractivity contribution in [3.63, 3.8) is 0 Å². The highest BCUT2D eigenvalue weighted by Gasteiger charge is 2.19. The molecule has 0 atom stereocenters. The first-order valence-electron chi connectivity index (χ1n) is 4.18. The summed E-state index contributed by atoms with van der Waals surface area (Å²) in [4.78, 5) is 11.4. The van der Waals surface area contributed by atoms with E-state index in [1.54, 1.807) is 19.1 Å². The molecule has 1 aromatic rings. The zero-order chi connectivity index (χ0) is 10.1. The quantitative estimate of drug-likeness (QED) is 0.626. The van der Waals surface area contributed by atoms with E-state index in [2.05, 4.69) is 0 Å². The maximum atomic E-state index is 11.4. The zero-order valence-electron chi connectivity index (χ0n) is 8.38. The van der Waals surface area contributed by atoms with Gasteiger partial charge in [-0.15, -0.1) is 0 Å². The number of carbonyl (C=O) groups excluding carboxylic acids is 1. The van der Waals surface area contributed by atoms with Crippen LogP contribution in [0.2, 0.25) is 0 Å². The minimum atomic E-state index is -0.474. The summed E-state index contributed by atoms with van der Waals surface area (Å²) >= 11 is 0. The number of aryl methyl sites for hydroxylation is 1. The molecule has 0 spiro atoms. The van der Waals surface area contributed by atoms with Crippen molar-refractivity contribution in [2.75, 3.05) is 0 Å². The van der Waals surface area contributed by atoms with Crippen LogP contribution in [0.15, 0.2) is 16.5 Å². The van der Waals surface area contributed by atoms with Crippen molar-refractivity contribution in [2.45, 2.75) is 33.3 Å². The van der Waals surface area contributed by atoms with Crippen LogP contribution in [-0.4, -0.2) is 11.6 Å². The average molecular weight is 182 g/mol. The lowest BCUT2D eigenvalue weighted by molar-refractivity contribution is 0.00348. The van der Waals surface area contributed by atoms with Crippen LogP contribution in [0.5, 0.6) is 0 Å². The lowest BCUT2D eigenvalue weighted by Crippen LogP contribution is -2.23. The summed E-state index contributed by atoms with van der Waals surface area (Å²) in [5.41, 5.74) is -0.474. The van der Waals surface area contributed by atoms with E-state index in [1.165, 1.54) is 0 Å². The number of carbonyl (C=O) groups is 1. The molecule has 1 rings (SSSR count). The molecular formula is C10H14O3. The highest BCUT2D eigenvalue weighted by atomic mass is 16.6. The van der Waals surface area contributed by atoms with E-state index in [1.807, 2.05) is 20.8 Å². The molecule has 0 bridgehead atoms. The molecule has 72 valence electrons. The van der Waals surface area contributed by atoms with E-state index >= 15 is 0 Å². The highest BCUT2D eigenvalue weighted by Crippen LogP contribution is 2.13. The Morgan fingerprint density at radius 3 is 2.38 bits per heavy atom. The number of esters is 1. The second kappa shape index (κ2) is 3.24. The summed E-state index contributed by atoms with van der Waals surface area (Å²) < 4.78 is 10.2. The Bertz CT molecular complexity index is 304. The Kier molecular flexibility index (Phi) is 2.45. The van der Waals surface area contributed by atoms with Crippen molar-refractivity contribution in [1.29, 1.82) is 0 Å². The highest BCUT2D eigenvalue weighted by molar-refractivity contribution is 5.86. The van der Waals surface area contributed by atoms with E-state index in [4.69, 9.17) is 9.15 Å². The van der Waals surface area contributed by atoms with Crippen LogP contribution in [0.3, 0.4) is 0 Å². The molecule has 3 nitrogen and oxygen atoms in total. The number of rotatable bonds is 1. The topological polar surface area (TPSA) is 39.4 Å². The van der Waals surface area contributed by atoms with Gasteiger partial charge in [0.2, 0.25) is 5.76 Å². The van der Waals surface area contributed by atoms with E-state index in [0.29, 0.717) is 5.76 Å². The predicted molar refractivity (Wildman–Crippen MR) is 48.6 cm³/mol. The molecule has 0 fully saturated rings. The molecule has 0 aliphatic rings. The molecule has 0 saturated carbocycles. The molecule has 0 N–H and O–H groups in total. The lowest BCUT2D eigenvalue weighted by Gasteiger charge is -2.18. The molecular weight excluding hydrogens is 168 g/mol. The minimum absolute atomic E-state index is 0.257. The molecule has 0 radical (unpaired) electrons. The fourth-order valence-electron chi connectivity index (χ4n) is 0.873. The molecule has 0 aliphatic heterocycles. The summed E-state index contributed by atoms with van der Waals surface area (Å²) in [5, 5.41) is 0. The van der Waals surface area contributed by atoms with Crippen LogP contribution >= 0.6 is 0 Å². The second-order valence-electron chi connectivity index (χ2n) is 3.91. The van der Waals surface area contributed by atoms with Crippen LogP contribution in [0.1, 0.15) is 37.1 Å². The molecule has 0 aliphatic carbocycles. The van der Waals surface area contributed by atoms with Crippen molar-refractivity contribution in [3.05, 3.63) is 23.7 Å². The standard InChI is InChI=1S/C10H14O3/c1-7-5-6-8(12-7)9(11)13-10(2,3)4/h5-6H,1-4H3. The average Bonchev–Trinajstić information content (AvgIpc) is 2.31. The molecule has 0 amide bonds. The summed E-state index contributed by atoms with van der Waals surface area (Å²) in [6, 6.07) is 3.35. The van der Waals surface area contributed by atoms with Gasteiger partial charge in [0.25, 0.3) is 0 Å². The van der Waals surface area contributed by atoms with Gasteiger partial charge in [0, 0.05) is 0 Å². The first kappa shape index (κ1) is 9.84. The Labute approximate surface area is 77.7 Å². The zero-order valence-corrected chi connectivity index (χ0v) is 8.38. The number of ether oxygens (including phenoxy) is 1. The molecule has 0 saturated heterocycles. The van der Waals surface area contributed by atoms with Crippen molar-refractivity contribution >= 4 is 5.97 Å². The van der Waals surface area contributed by atoms with Gasteiger partial charge in [-0.1, -0.05) is 0 Å². The summed E-state index contributed by atoms with van der Waals surface area (Å²) in [6.45, 7) is 7.25. The van der Waals surface area contributed by atoms with Crippen LogP contribution < -0.4 is 0 Å². The third kappa shape index (κ3) is 2.93. The van der Waals surface area contributed by atoms with Crippen LogP contribution in [0, 0.1) is 6.92 Å². The maximum Gasteiger partial charge on any atom is 0.374 e. The minimum Gasteiger partial charge on any atom is -0.454 e. The van der Waals surface area contributed by atoms with Crippen molar-refractivity contribution < 1.29 is 13.9 Å². The third-order valence-corrected chi connectivity index (χ3v) is 1.34. The van der Waals surface area contributed by atoms with E-state index in [9.17, 15) is 4.79 Å². The first-order chi connectivity index (χ1) is 5.88. The molecule has 1 heterocycles. The predicted octanol–water partition coefficient (Wildman–Crippen LogP) is 2.54. The summed E-state index contributed by atoms with van der Waals surface area (Å²) in [5.74, 6) is 0.550. The lowest BCUT2D eigenvalue weighted by atomic mass is 10.2. The van der Waals surface area contributed by atoms with Gasteiger partial charge >= 0.3 is 5.97 Å². The Morgan fingerprint density at radius 2 is 2.00 bits per heavy atom. The first-order valence-corrected chi connectivity index (χ1v) is 4.18. The van der Waals surface area contributed by atoms with Crippen molar-refractivity contribution in [2.24, 2.45) is 0 Å². The Balaban J connectivity index is 2.70. The van der Waals surface area contributed by atoms with Gasteiger partial charge in [-0.25, -0.2) is 4.79 Å². The molecule has 1 aromatic heterocycles. The van der Waals surface area contributed by atoms with E-state index in [-0.39, 0.29) is 5.76 Å². The van der Waals surface area contributed by atoms with Crippen molar-refractivity contribution in [3.8, 4) is 0 Å². The van der Waals surface area contributed by atoms with Crippen LogP contribution in [0.4, 0.5) is 0 Å².